The minimum atomic E-state index is 0.0502. The molecule has 1 fully saturated rings. The second kappa shape index (κ2) is 4.69. The summed E-state index contributed by atoms with van der Waals surface area (Å²) in [7, 11) is 0. The van der Waals surface area contributed by atoms with Gasteiger partial charge >= 0.3 is 6.03 Å². The molecule has 1 aliphatic heterocycles. The van der Waals surface area contributed by atoms with Gasteiger partial charge in [0.1, 0.15) is 0 Å². The minimum Gasteiger partial charge on any atom is -0.338 e. The molecule has 2 aromatic carbocycles. The van der Waals surface area contributed by atoms with E-state index in [1.807, 2.05) is 17.0 Å². The monoisotopic (exact) mass is 240 g/mol. The second-order valence-corrected chi connectivity index (χ2v) is 4.65. The van der Waals surface area contributed by atoms with E-state index in [4.69, 9.17) is 0 Å². The van der Waals surface area contributed by atoms with E-state index in [9.17, 15) is 4.79 Å². The average molecular weight is 240 g/mol. The number of urea groups is 1. The smallest absolute Gasteiger partial charge is 0.317 e. The van der Waals surface area contributed by atoms with Crippen molar-refractivity contribution in [1.82, 2.24) is 10.2 Å². The Morgan fingerprint density at radius 3 is 2.83 bits per heavy atom. The number of nitrogens with one attached hydrogen (secondary N) is 1. The summed E-state index contributed by atoms with van der Waals surface area (Å²) >= 11 is 0. The molecule has 18 heavy (non-hydrogen) atoms. The maximum atomic E-state index is 11.7. The maximum Gasteiger partial charge on any atom is 0.317 e. The van der Waals surface area contributed by atoms with Gasteiger partial charge in [-0.25, -0.2) is 4.79 Å². The van der Waals surface area contributed by atoms with Gasteiger partial charge in [0.2, 0.25) is 0 Å². The van der Waals surface area contributed by atoms with Crippen LogP contribution in [0, 0.1) is 0 Å². The van der Waals surface area contributed by atoms with Crippen LogP contribution in [-0.2, 0) is 6.54 Å². The summed E-state index contributed by atoms with van der Waals surface area (Å²) in [4.78, 5) is 13.6. The number of hydrogen-bond acceptors (Lipinski definition) is 1. The van der Waals surface area contributed by atoms with Crippen molar-refractivity contribution in [3.63, 3.8) is 0 Å². The molecule has 0 atom stereocenters. The van der Waals surface area contributed by atoms with Gasteiger partial charge in [-0.1, -0.05) is 42.5 Å². The van der Waals surface area contributed by atoms with Gasteiger partial charge in [0.15, 0.2) is 0 Å². The molecular formula is C15H16N2O. The van der Waals surface area contributed by atoms with Crippen LogP contribution in [0.25, 0.3) is 10.8 Å². The Bertz CT molecular complexity index is 574. The van der Waals surface area contributed by atoms with Gasteiger partial charge in [-0.15, -0.1) is 0 Å². The fourth-order valence-electron chi connectivity index (χ4n) is 2.47. The predicted octanol–water partition coefficient (Wildman–Crippen LogP) is 2.76. The Kier molecular flexibility index (Phi) is 2.89. The SMILES string of the molecule is O=C1NCCCN1Cc1cccc2ccccc12. The lowest BCUT2D eigenvalue weighted by Gasteiger charge is -2.27. The molecule has 1 N–H and O–H groups in total. The molecular weight excluding hydrogens is 224 g/mol. The van der Waals surface area contributed by atoms with E-state index in [1.165, 1.54) is 16.3 Å². The first-order valence-corrected chi connectivity index (χ1v) is 6.34. The Balaban J connectivity index is 1.92. The summed E-state index contributed by atoms with van der Waals surface area (Å²) in [5.41, 5.74) is 1.21. The van der Waals surface area contributed by atoms with E-state index < -0.39 is 0 Å². The van der Waals surface area contributed by atoms with Crippen molar-refractivity contribution in [2.24, 2.45) is 0 Å². The highest BCUT2D eigenvalue weighted by Gasteiger charge is 2.17. The zero-order valence-corrected chi connectivity index (χ0v) is 10.2. The lowest BCUT2D eigenvalue weighted by molar-refractivity contribution is 0.183. The molecule has 3 nitrogen and oxygen atoms in total. The molecule has 0 bridgehead atoms. The first-order chi connectivity index (χ1) is 8.84. The lowest BCUT2D eigenvalue weighted by Crippen LogP contribution is -2.45. The Labute approximate surface area is 106 Å². The zero-order chi connectivity index (χ0) is 12.4. The van der Waals surface area contributed by atoms with Crippen molar-refractivity contribution in [2.45, 2.75) is 13.0 Å². The summed E-state index contributed by atoms with van der Waals surface area (Å²) in [6.07, 6.45) is 1.02. The van der Waals surface area contributed by atoms with Crippen molar-refractivity contribution >= 4 is 16.8 Å². The molecule has 1 aliphatic rings. The van der Waals surface area contributed by atoms with Crippen LogP contribution in [0.4, 0.5) is 4.79 Å². The highest BCUT2D eigenvalue weighted by Crippen LogP contribution is 2.20. The van der Waals surface area contributed by atoms with Crippen LogP contribution in [0.2, 0.25) is 0 Å². The van der Waals surface area contributed by atoms with Gasteiger partial charge in [0.25, 0.3) is 0 Å². The number of benzene rings is 2. The van der Waals surface area contributed by atoms with Gasteiger partial charge in [-0.3, -0.25) is 0 Å². The molecule has 0 spiro atoms. The molecule has 92 valence electrons. The van der Waals surface area contributed by atoms with Crippen molar-refractivity contribution in [2.75, 3.05) is 13.1 Å². The first kappa shape index (κ1) is 11.1. The first-order valence-electron chi connectivity index (χ1n) is 6.34. The van der Waals surface area contributed by atoms with E-state index in [2.05, 4.69) is 35.6 Å². The van der Waals surface area contributed by atoms with Crippen molar-refractivity contribution in [1.29, 1.82) is 0 Å². The highest BCUT2D eigenvalue weighted by atomic mass is 16.2. The topological polar surface area (TPSA) is 32.3 Å². The number of fused-ring (bicyclic) bond motifs is 1. The Hall–Kier alpha value is -2.03. The predicted molar refractivity (Wildman–Crippen MR) is 72.4 cm³/mol. The standard InChI is InChI=1S/C15H16N2O/c18-15-16-9-4-10-17(15)11-13-7-3-6-12-5-1-2-8-14(12)13/h1-3,5-8H,4,9-11H2,(H,16,18). The van der Waals surface area contributed by atoms with E-state index in [0.29, 0.717) is 6.54 Å². The number of rotatable bonds is 2. The fourth-order valence-corrected chi connectivity index (χ4v) is 2.47. The van der Waals surface area contributed by atoms with Gasteiger partial charge in [-0.05, 0) is 22.8 Å². The Morgan fingerprint density at radius 1 is 1.11 bits per heavy atom. The maximum absolute atomic E-state index is 11.7. The number of amides is 2. The summed E-state index contributed by atoms with van der Waals surface area (Å²) in [5, 5.41) is 5.35. The molecule has 0 unspecified atom stereocenters. The third kappa shape index (κ3) is 2.04. The molecule has 0 aliphatic carbocycles. The lowest BCUT2D eigenvalue weighted by atomic mass is 10.0. The minimum absolute atomic E-state index is 0.0502. The quantitative estimate of drug-likeness (QED) is 0.860. The Morgan fingerprint density at radius 2 is 1.94 bits per heavy atom. The largest absolute Gasteiger partial charge is 0.338 e. The van der Waals surface area contributed by atoms with E-state index in [-0.39, 0.29) is 6.03 Å². The van der Waals surface area contributed by atoms with Crippen LogP contribution >= 0.6 is 0 Å². The fraction of sp³-hybridized carbons (Fsp3) is 0.267. The van der Waals surface area contributed by atoms with E-state index in [1.54, 1.807) is 0 Å². The molecule has 2 amide bonds. The average Bonchev–Trinajstić information content (AvgIpc) is 2.42. The number of nitrogens with zero attached hydrogens (tertiary/aromatic N) is 1. The van der Waals surface area contributed by atoms with Crippen LogP contribution < -0.4 is 5.32 Å². The van der Waals surface area contributed by atoms with Crippen molar-refractivity contribution in [3.05, 3.63) is 48.0 Å². The van der Waals surface area contributed by atoms with Gasteiger partial charge < -0.3 is 10.2 Å². The van der Waals surface area contributed by atoms with Crippen LogP contribution in [0.3, 0.4) is 0 Å². The van der Waals surface area contributed by atoms with Crippen LogP contribution in [0.1, 0.15) is 12.0 Å². The molecule has 0 saturated carbocycles. The number of carbonyl (C=O) groups excluding carboxylic acids is 1. The van der Waals surface area contributed by atoms with Crippen LogP contribution in [0.15, 0.2) is 42.5 Å². The van der Waals surface area contributed by atoms with Gasteiger partial charge in [0, 0.05) is 19.6 Å². The van der Waals surface area contributed by atoms with Crippen LogP contribution in [0.5, 0.6) is 0 Å². The summed E-state index contributed by atoms with van der Waals surface area (Å²) in [6.45, 7) is 2.33. The van der Waals surface area contributed by atoms with Crippen molar-refractivity contribution < 1.29 is 4.79 Å². The molecule has 3 heteroatoms. The van der Waals surface area contributed by atoms with E-state index >= 15 is 0 Å². The molecule has 1 saturated heterocycles. The van der Waals surface area contributed by atoms with Gasteiger partial charge in [0.05, 0.1) is 0 Å². The molecule has 1 heterocycles. The van der Waals surface area contributed by atoms with Gasteiger partial charge in [-0.2, -0.15) is 0 Å². The summed E-state index contributed by atoms with van der Waals surface area (Å²) < 4.78 is 0. The number of carbonyl (C=O) groups is 1. The number of hydrogen-bond donors (Lipinski definition) is 1. The third-order valence-electron chi connectivity index (χ3n) is 3.41. The highest BCUT2D eigenvalue weighted by molar-refractivity contribution is 5.86. The molecule has 0 aromatic heterocycles. The summed E-state index contributed by atoms with van der Waals surface area (Å²) in [5.74, 6) is 0. The third-order valence-corrected chi connectivity index (χ3v) is 3.41. The molecule has 3 rings (SSSR count). The van der Waals surface area contributed by atoms with E-state index in [0.717, 1.165) is 19.5 Å². The second-order valence-electron chi connectivity index (χ2n) is 4.65. The normalized spacial score (nSPS) is 15.8. The molecule has 0 radical (unpaired) electrons. The van der Waals surface area contributed by atoms with Crippen LogP contribution in [-0.4, -0.2) is 24.0 Å². The summed E-state index contributed by atoms with van der Waals surface area (Å²) in [6, 6.07) is 14.6. The van der Waals surface area contributed by atoms with Crippen molar-refractivity contribution in [3.8, 4) is 0 Å². The molecule has 2 aromatic rings. The zero-order valence-electron chi connectivity index (χ0n) is 10.2.